The number of aliphatic hydroxyl groups excluding tert-OH is 1. The van der Waals surface area contributed by atoms with Crippen LogP contribution in [0.2, 0.25) is 0 Å². The molecule has 0 aliphatic carbocycles. The van der Waals surface area contributed by atoms with Gasteiger partial charge in [0.15, 0.2) is 0 Å². The lowest BCUT2D eigenvalue weighted by Crippen LogP contribution is -2.37. The lowest BCUT2D eigenvalue weighted by Gasteiger charge is -2.24. The summed E-state index contributed by atoms with van der Waals surface area (Å²) in [5, 5.41) is 9.88. The topological polar surface area (TPSA) is 41.9 Å². The molecule has 0 spiro atoms. The van der Waals surface area contributed by atoms with Crippen LogP contribution < -0.4 is 0 Å². The van der Waals surface area contributed by atoms with Gasteiger partial charge in [0.05, 0.1) is 25.4 Å². The molecule has 0 rings (SSSR count). The van der Waals surface area contributed by atoms with Gasteiger partial charge in [-0.3, -0.25) is 0 Å². The minimum Gasteiger partial charge on any atom is -0.389 e. The molecule has 1 N–H and O–H groups in total. The lowest BCUT2D eigenvalue weighted by atomic mass is 10.3. The molecule has 0 radical (unpaired) electrons. The molecule has 4 heteroatoms. The smallest absolute Gasteiger partial charge is 0.0900 e. The fraction of sp³-hybridized carbons (Fsp3) is 1.00. The van der Waals surface area contributed by atoms with Crippen LogP contribution in [-0.4, -0.2) is 62.2 Å². The average Bonchev–Trinajstić information content (AvgIpc) is 2.27. The second-order valence-electron chi connectivity index (χ2n) is 4.55. The van der Waals surface area contributed by atoms with E-state index in [2.05, 4.69) is 18.7 Å². The Labute approximate surface area is 106 Å². The zero-order chi connectivity index (χ0) is 13.1. The molecular weight excluding hydrogens is 218 g/mol. The highest BCUT2D eigenvalue weighted by Gasteiger charge is 2.12. The van der Waals surface area contributed by atoms with Crippen LogP contribution in [0.15, 0.2) is 0 Å². The summed E-state index contributed by atoms with van der Waals surface area (Å²) in [5.41, 5.74) is 0. The van der Waals surface area contributed by atoms with Gasteiger partial charge in [-0.1, -0.05) is 13.8 Å². The number of hydrogen-bond donors (Lipinski definition) is 1. The van der Waals surface area contributed by atoms with Crippen molar-refractivity contribution in [1.29, 1.82) is 0 Å². The molecule has 0 saturated carbocycles. The van der Waals surface area contributed by atoms with Crippen molar-refractivity contribution >= 4 is 0 Å². The van der Waals surface area contributed by atoms with Crippen molar-refractivity contribution in [2.45, 2.75) is 45.8 Å². The summed E-state index contributed by atoms with van der Waals surface area (Å²) in [6.45, 7) is 10.00. The third-order valence-corrected chi connectivity index (χ3v) is 2.52. The van der Waals surface area contributed by atoms with Gasteiger partial charge < -0.3 is 19.5 Å². The maximum Gasteiger partial charge on any atom is 0.0900 e. The molecule has 0 bridgehead atoms. The highest BCUT2D eigenvalue weighted by Crippen LogP contribution is 1.99. The van der Waals surface area contributed by atoms with Gasteiger partial charge in [-0.15, -0.1) is 0 Å². The Balaban J connectivity index is 3.76. The van der Waals surface area contributed by atoms with Crippen molar-refractivity contribution in [1.82, 2.24) is 4.90 Å². The molecule has 0 aliphatic heterocycles. The van der Waals surface area contributed by atoms with Crippen LogP contribution in [0.5, 0.6) is 0 Å². The van der Waals surface area contributed by atoms with Gasteiger partial charge in [-0.05, 0) is 32.9 Å². The van der Waals surface area contributed by atoms with Gasteiger partial charge in [-0.2, -0.15) is 0 Å². The number of ether oxygens (including phenoxy) is 2. The SMILES string of the molecule is CCCN(CCC)CC(O)COC(C)COC. The van der Waals surface area contributed by atoms with E-state index in [9.17, 15) is 5.11 Å². The molecule has 2 unspecified atom stereocenters. The average molecular weight is 247 g/mol. The lowest BCUT2D eigenvalue weighted by molar-refractivity contribution is -0.0396. The van der Waals surface area contributed by atoms with E-state index in [0.29, 0.717) is 19.8 Å². The summed E-state index contributed by atoms with van der Waals surface area (Å²) >= 11 is 0. The molecule has 0 fully saturated rings. The fourth-order valence-corrected chi connectivity index (χ4v) is 1.84. The van der Waals surface area contributed by atoms with Gasteiger partial charge in [0, 0.05) is 13.7 Å². The van der Waals surface area contributed by atoms with E-state index in [1.807, 2.05) is 6.92 Å². The number of hydrogen-bond acceptors (Lipinski definition) is 4. The van der Waals surface area contributed by atoms with Crippen LogP contribution in [-0.2, 0) is 9.47 Å². The van der Waals surface area contributed by atoms with Crippen molar-refractivity contribution in [3.8, 4) is 0 Å². The van der Waals surface area contributed by atoms with Crippen LogP contribution in [0.25, 0.3) is 0 Å². The maximum atomic E-state index is 9.88. The zero-order valence-electron chi connectivity index (χ0n) is 11.8. The Hall–Kier alpha value is -0.160. The molecule has 4 nitrogen and oxygen atoms in total. The Morgan fingerprint density at radius 3 is 2.18 bits per heavy atom. The highest BCUT2D eigenvalue weighted by molar-refractivity contribution is 4.64. The van der Waals surface area contributed by atoms with Crippen LogP contribution in [0.3, 0.4) is 0 Å². The fourth-order valence-electron chi connectivity index (χ4n) is 1.84. The molecule has 0 aromatic carbocycles. The highest BCUT2D eigenvalue weighted by atomic mass is 16.5. The number of rotatable bonds is 11. The summed E-state index contributed by atoms with van der Waals surface area (Å²) in [5.74, 6) is 0. The van der Waals surface area contributed by atoms with Crippen molar-refractivity contribution < 1.29 is 14.6 Å². The van der Waals surface area contributed by atoms with E-state index in [0.717, 1.165) is 25.9 Å². The van der Waals surface area contributed by atoms with Gasteiger partial charge in [-0.25, -0.2) is 0 Å². The summed E-state index contributed by atoms with van der Waals surface area (Å²) in [4.78, 5) is 2.29. The maximum absolute atomic E-state index is 9.88. The molecule has 17 heavy (non-hydrogen) atoms. The van der Waals surface area contributed by atoms with E-state index in [1.54, 1.807) is 7.11 Å². The quantitative estimate of drug-likeness (QED) is 0.601. The summed E-state index contributed by atoms with van der Waals surface area (Å²) in [6.07, 6.45) is 1.87. The molecule has 0 amide bonds. The molecule has 0 aliphatic rings. The van der Waals surface area contributed by atoms with Gasteiger partial charge >= 0.3 is 0 Å². The van der Waals surface area contributed by atoms with Gasteiger partial charge in [0.1, 0.15) is 0 Å². The molecule has 0 aromatic rings. The van der Waals surface area contributed by atoms with Crippen LogP contribution >= 0.6 is 0 Å². The van der Waals surface area contributed by atoms with E-state index >= 15 is 0 Å². The Morgan fingerprint density at radius 1 is 1.12 bits per heavy atom. The zero-order valence-corrected chi connectivity index (χ0v) is 11.8. The van der Waals surface area contributed by atoms with E-state index < -0.39 is 6.10 Å². The first-order valence-corrected chi connectivity index (χ1v) is 6.64. The second-order valence-corrected chi connectivity index (χ2v) is 4.55. The minimum atomic E-state index is -0.410. The van der Waals surface area contributed by atoms with Crippen molar-refractivity contribution in [2.75, 3.05) is 40.0 Å². The normalized spacial score (nSPS) is 15.2. The predicted octanol–water partition coefficient (Wildman–Crippen LogP) is 1.52. The Kier molecular flexibility index (Phi) is 10.9. The third-order valence-electron chi connectivity index (χ3n) is 2.52. The third kappa shape index (κ3) is 9.53. The first kappa shape index (κ1) is 16.8. The largest absolute Gasteiger partial charge is 0.389 e. The van der Waals surface area contributed by atoms with Crippen molar-refractivity contribution in [2.24, 2.45) is 0 Å². The molecule has 2 atom stereocenters. The molecule has 0 saturated heterocycles. The Bertz CT molecular complexity index is 161. The number of methoxy groups -OCH3 is 1. The van der Waals surface area contributed by atoms with Crippen molar-refractivity contribution in [3.05, 3.63) is 0 Å². The van der Waals surface area contributed by atoms with Crippen LogP contribution in [0.1, 0.15) is 33.6 Å². The number of nitrogens with zero attached hydrogens (tertiary/aromatic N) is 1. The summed E-state index contributed by atoms with van der Waals surface area (Å²) in [6, 6.07) is 0. The van der Waals surface area contributed by atoms with Crippen molar-refractivity contribution in [3.63, 3.8) is 0 Å². The molecule has 0 heterocycles. The standard InChI is InChI=1S/C13H29NO3/c1-5-7-14(8-6-2)9-13(15)11-17-12(3)10-16-4/h12-13,15H,5-11H2,1-4H3. The van der Waals surface area contributed by atoms with Gasteiger partial charge in [0.2, 0.25) is 0 Å². The predicted molar refractivity (Wildman–Crippen MR) is 70.3 cm³/mol. The van der Waals surface area contributed by atoms with Gasteiger partial charge in [0.25, 0.3) is 0 Å². The summed E-state index contributed by atoms with van der Waals surface area (Å²) < 4.78 is 10.5. The van der Waals surface area contributed by atoms with Crippen LogP contribution in [0.4, 0.5) is 0 Å². The monoisotopic (exact) mass is 247 g/mol. The molecule has 104 valence electrons. The first-order valence-electron chi connectivity index (χ1n) is 6.64. The first-order chi connectivity index (χ1) is 8.13. The molecule has 0 aromatic heterocycles. The molecular formula is C13H29NO3. The number of aliphatic hydroxyl groups is 1. The van der Waals surface area contributed by atoms with E-state index in [-0.39, 0.29) is 6.10 Å². The van der Waals surface area contributed by atoms with E-state index in [1.165, 1.54) is 0 Å². The van der Waals surface area contributed by atoms with E-state index in [4.69, 9.17) is 9.47 Å². The second kappa shape index (κ2) is 11.0. The van der Waals surface area contributed by atoms with Crippen LogP contribution in [0, 0.1) is 0 Å². The summed E-state index contributed by atoms with van der Waals surface area (Å²) in [7, 11) is 1.65. The Morgan fingerprint density at radius 2 is 1.71 bits per heavy atom. The minimum absolute atomic E-state index is 0.0421.